The summed E-state index contributed by atoms with van der Waals surface area (Å²) < 4.78 is 12.0. The van der Waals surface area contributed by atoms with Crippen LogP contribution in [0.1, 0.15) is 102 Å². The minimum absolute atomic E-state index is 1.03. The second-order valence-electron chi connectivity index (χ2n) is 9.98. The number of thiophene rings is 2. The van der Waals surface area contributed by atoms with Crippen molar-refractivity contribution in [2.75, 3.05) is 0 Å². The van der Waals surface area contributed by atoms with Crippen molar-refractivity contribution in [2.45, 2.75) is 104 Å². The van der Waals surface area contributed by atoms with Gasteiger partial charge in [0.1, 0.15) is 11.0 Å². The first-order valence-electron chi connectivity index (χ1n) is 13.9. The van der Waals surface area contributed by atoms with E-state index in [1.807, 2.05) is 22.7 Å². The lowest BCUT2D eigenvalue weighted by Crippen LogP contribution is -1.85. The van der Waals surface area contributed by atoms with Gasteiger partial charge in [0, 0.05) is 20.9 Å². The fourth-order valence-electron chi connectivity index (χ4n) is 4.88. The second kappa shape index (κ2) is 15.3. The summed E-state index contributed by atoms with van der Waals surface area (Å²) in [4.78, 5) is 2.57. The Morgan fingerprint density at radius 2 is 1.00 bits per heavy atom. The van der Waals surface area contributed by atoms with E-state index in [0.29, 0.717) is 0 Å². The van der Waals surface area contributed by atoms with Crippen LogP contribution in [0.2, 0.25) is 0 Å². The first-order valence-corrected chi connectivity index (χ1v) is 17.9. The number of aromatic nitrogens is 2. The van der Waals surface area contributed by atoms with Gasteiger partial charge in [-0.05, 0) is 80.8 Å². The highest BCUT2D eigenvalue weighted by Gasteiger charge is 2.18. The van der Waals surface area contributed by atoms with E-state index in [0.717, 1.165) is 23.9 Å². The van der Waals surface area contributed by atoms with Gasteiger partial charge in [-0.3, -0.25) is 0 Å². The molecular weight excluding hydrogens is 644 g/mol. The molecule has 0 aliphatic carbocycles. The standard InChI is InChI=1S/C30H38Br2N2S3/c1-3-5-7-9-11-13-15-21-19-25(35-29(21)31)23-17-18-24(28-27(23)33-37-34-28)26-20-22(30(32)36-26)16-14-12-10-8-6-4-2/h17-20H,3-16H2,1-2H3. The van der Waals surface area contributed by atoms with Crippen LogP contribution in [0, 0.1) is 0 Å². The molecule has 0 unspecified atom stereocenters. The Labute approximate surface area is 251 Å². The van der Waals surface area contributed by atoms with Crippen molar-refractivity contribution in [3.63, 3.8) is 0 Å². The van der Waals surface area contributed by atoms with Crippen LogP contribution in [0.25, 0.3) is 31.9 Å². The summed E-state index contributed by atoms with van der Waals surface area (Å²) in [5.74, 6) is 0. The van der Waals surface area contributed by atoms with Gasteiger partial charge in [0.25, 0.3) is 0 Å². The molecule has 37 heavy (non-hydrogen) atoms. The summed E-state index contributed by atoms with van der Waals surface area (Å²) in [6, 6.07) is 9.25. The van der Waals surface area contributed by atoms with Gasteiger partial charge >= 0.3 is 0 Å². The highest BCUT2D eigenvalue weighted by molar-refractivity contribution is 9.11. The maximum Gasteiger partial charge on any atom is 0.114 e. The first kappa shape index (κ1) is 29.4. The van der Waals surface area contributed by atoms with Crippen molar-refractivity contribution in [1.29, 1.82) is 0 Å². The monoisotopic (exact) mass is 680 g/mol. The van der Waals surface area contributed by atoms with E-state index >= 15 is 0 Å². The van der Waals surface area contributed by atoms with Gasteiger partial charge in [-0.25, -0.2) is 0 Å². The van der Waals surface area contributed by atoms with Crippen LogP contribution in [-0.4, -0.2) is 8.75 Å². The van der Waals surface area contributed by atoms with Crippen LogP contribution in [-0.2, 0) is 12.8 Å². The molecule has 3 heterocycles. The van der Waals surface area contributed by atoms with Crippen LogP contribution in [0.4, 0.5) is 0 Å². The molecule has 0 bridgehead atoms. The molecule has 2 nitrogen and oxygen atoms in total. The summed E-state index contributed by atoms with van der Waals surface area (Å²) in [6.07, 6.45) is 18.3. The Morgan fingerprint density at radius 1 is 0.595 bits per heavy atom. The maximum absolute atomic E-state index is 4.75. The van der Waals surface area contributed by atoms with Crippen LogP contribution in [0.5, 0.6) is 0 Å². The van der Waals surface area contributed by atoms with Crippen molar-refractivity contribution in [3.05, 3.63) is 43.0 Å². The molecule has 0 aliphatic rings. The van der Waals surface area contributed by atoms with Crippen LogP contribution < -0.4 is 0 Å². The van der Waals surface area contributed by atoms with E-state index < -0.39 is 0 Å². The molecule has 0 amide bonds. The quantitative estimate of drug-likeness (QED) is 0.110. The van der Waals surface area contributed by atoms with Crippen molar-refractivity contribution in [2.24, 2.45) is 0 Å². The summed E-state index contributed by atoms with van der Waals surface area (Å²) in [5.41, 5.74) is 7.33. The molecule has 7 heteroatoms. The van der Waals surface area contributed by atoms with E-state index in [1.54, 1.807) is 0 Å². The fraction of sp³-hybridized carbons (Fsp3) is 0.533. The van der Waals surface area contributed by atoms with Gasteiger partial charge in [0.2, 0.25) is 0 Å². The smallest absolute Gasteiger partial charge is 0.114 e. The van der Waals surface area contributed by atoms with Crippen molar-refractivity contribution in [3.8, 4) is 20.9 Å². The summed E-state index contributed by atoms with van der Waals surface area (Å²) in [6.45, 7) is 4.55. The van der Waals surface area contributed by atoms with Gasteiger partial charge in [-0.15, -0.1) is 22.7 Å². The first-order chi connectivity index (χ1) is 18.1. The zero-order valence-electron chi connectivity index (χ0n) is 22.1. The Morgan fingerprint density at radius 3 is 1.43 bits per heavy atom. The molecule has 4 rings (SSSR count). The predicted octanol–water partition coefficient (Wildman–Crippen LogP) is 12.5. The predicted molar refractivity (Wildman–Crippen MR) is 174 cm³/mol. The van der Waals surface area contributed by atoms with Crippen molar-refractivity contribution < 1.29 is 0 Å². The number of fused-ring (bicyclic) bond motifs is 1. The average molecular weight is 683 g/mol. The fourth-order valence-corrected chi connectivity index (χ4v) is 9.04. The molecule has 3 aromatic heterocycles. The molecule has 0 saturated carbocycles. The van der Waals surface area contributed by atoms with E-state index in [1.165, 1.54) is 128 Å². The molecule has 4 aromatic rings. The zero-order chi connectivity index (χ0) is 26.0. The lowest BCUT2D eigenvalue weighted by Gasteiger charge is -2.03. The number of aryl methyl sites for hydroxylation is 2. The Hall–Kier alpha value is -0.600. The SMILES string of the molecule is CCCCCCCCc1cc(-c2ccc(-c3cc(CCCCCCCC)c(Br)s3)c3nsnc23)sc1Br. The lowest BCUT2D eigenvalue weighted by atomic mass is 10.0. The molecule has 0 atom stereocenters. The third-order valence-electron chi connectivity index (χ3n) is 7.06. The molecule has 0 fully saturated rings. The molecule has 200 valence electrons. The molecule has 0 radical (unpaired) electrons. The number of halogens is 2. The molecule has 0 aliphatic heterocycles. The summed E-state index contributed by atoms with van der Waals surface area (Å²) in [7, 11) is 0. The average Bonchev–Trinajstić information content (AvgIpc) is 3.62. The highest BCUT2D eigenvalue weighted by atomic mass is 79.9. The number of hydrogen-bond donors (Lipinski definition) is 0. The number of hydrogen-bond acceptors (Lipinski definition) is 5. The normalized spacial score (nSPS) is 11.7. The number of rotatable bonds is 16. The number of unbranched alkanes of at least 4 members (excludes halogenated alkanes) is 10. The van der Waals surface area contributed by atoms with Gasteiger partial charge < -0.3 is 0 Å². The van der Waals surface area contributed by atoms with Gasteiger partial charge in [0.05, 0.1) is 19.3 Å². The van der Waals surface area contributed by atoms with Gasteiger partial charge in [-0.2, -0.15) is 8.75 Å². The summed E-state index contributed by atoms with van der Waals surface area (Å²) >= 11 is 12.7. The van der Waals surface area contributed by atoms with Gasteiger partial charge in [-0.1, -0.05) is 90.2 Å². The Bertz CT molecular complexity index is 1160. The molecular formula is C30H38Br2N2S3. The minimum Gasteiger partial charge on any atom is -0.172 e. The van der Waals surface area contributed by atoms with Crippen LogP contribution in [0.3, 0.4) is 0 Å². The summed E-state index contributed by atoms with van der Waals surface area (Å²) in [5, 5.41) is 0. The number of benzene rings is 1. The van der Waals surface area contributed by atoms with E-state index in [4.69, 9.17) is 8.75 Å². The van der Waals surface area contributed by atoms with E-state index in [2.05, 4.69) is 70.0 Å². The zero-order valence-corrected chi connectivity index (χ0v) is 27.7. The highest BCUT2D eigenvalue weighted by Crippen LogP contribution is 2.43. The van der Waals surface area contributed by atoms with Crippen LogP contribution in [0.15, 0.2) is 31.8 Å². The molecule has 0 saturated heterocycles. The molecule has 0 N–H and O–H groups in total. The third kappa shape index (κ3) is 7.97. The molecule has 0 spiro atoms. The second-order valence-corrected chi connectivity index (χ2v) is 15.2. The van der Waals surface area contributed by atoms with E-state index in [-0.39, 0.29) is 0 Å². The minimum atomic E-state index is 1.03. The van der Waals surface area contributed by atoms with E-state index in [9.17, 15) is 0 Å². The Balaban J connectivity index is 1.46. The lowest BCUT2D eigenvalue weighted by molar-refractivity contribution is 0.607. The van der Waals surface area contributed by atoms with Crippen molar-refractivity contribution in [1.82, 2.24) is 8.75 Å². The number of nitrogens with zero attached hydrogens (tertiary/aromatic N) is 2. The molecule has 1 aromatic carbocycles. The van der Waals surface area contributed by atoms with Crippen molar-refractivity contribution >= 4 is 77.3 Å². The van der Waals surface area contributed by atoms with Crippen LogP contribution >= 0.6 is 66.3 Å². The maximum atomic E-state index is 4.75. The topological polar surface area (TPSA) is 25.8 Å². The Kier molecular flexibility index (Phi) is 12.1. The largest absolute Gasteiger partial charge is 0.172 e. The van der Waals surface area contributed by atoms with Gasteiger partial charge in [0.15, 0.2) is 0 Å². The third-order valence-corrected chi connectivity index (χ3v) is 11.6.